The van der Waals surface area contributed by atoms with Crippen LogP contribution in [-0.2, 0) is 14.3 Å². The molecule has 1 saturated carbocycles. The molecule has 0 unspecified atom stereocenters. The molecule has 1 aliphatic carbocycles. The lowest BCUT2D eigenvalue weighted by molar-refractivity contribution is -0.127. The molecule has 5 nitrogen and oxygen atoms in total. The first kappa shape index (κ1) is 19.1. The van der Waals surface area contributed by atoms with Gasteiger partial charge in [0, 0.05) is 30.7 Å². The van der Waals surface area contributed by atoms with Gasteiger partial charge in [0.25, 0.3) is 0 Å². The Morgan fingerprint density at radius 1 is 1.12 bits per heavy atom. The van der Waals surface area contributed by atoms with Crippen LogP contribution in [0.5, 0.6) is 0 Å². The molecule has 0 bridgehead atoms. The number of piperidine rings is 1. The van der Waals surface area contributed by atoms with Crippen LogP contribution >= 0.6 is 0 Å². The number of carbonyl (C=O) groups excluding carboxylic acids is 1. The molecule has 0 spiro atoms. The van der Waals surface area contributed by atoms with Crippen LogP contribution in [0.3, 0.4) is 0 Å². The second kappa shape index (κ2) is 7.53. The maximum atomic E-state index is 12.7. The monoisotopic (exact) mass is 352 g/mol. The van der Waals surface area contributed by atoms with Crippen molar-refractivity contribution in [3.8, 4) is 0 Å². The molecular formula is C20H36N2O3. The molecule has 0 aromatic heterocycles. The molecule has 144 valence electrons. The lowest BCUT2D eigenvalue weighted by atomic mass is 9.74. The van der Waals surface area contributed by atoms with E-state index in [1.165, 1.54) is 12.8 Å². The van der Waals surface area contributed by atoms with Gasteiger partial charge in [0.2, 0.25) is 5.91 Å². The predicted molar refractivity (Wildman–Crippen MR) is 98.5 cm³/mol. The second-order valence-corrected chi connectivity index (χ2v) is 9.72. The Morgan fingerprint density at radius 3 is 2.44 bits per heavy atom. The zero-order valence-electron chi connectivity index (χ0n) is 16.4. The summed E-state index contributed by atoms with van der Waals surface area (Å²) in [5, 5.41) is 6.89. The summed E-state index contributed by atoms with van der Waals surface area (Å²) in [7, 11) is 0. The van der Waals surface area contributed by atoms with Gasteiger partial charge in [-0.15, -0.1) is 0 Å². The summed E-state index contributed by atoms with van der Waals surface area (Å²) >= 11 is 0. The molecule has 25 heavy (non-hydrogen) atoms. The highest BCUT2D eigenvalue weighted by molar-refractivity contribution is 5.76. The Morgan fingerprint density at radius 2 is 1.80 bits per heavy atom. The van der Waals surface area contributed by atoms with E-state index in [0.717, 1.165) is 38.4 Å². The largest absolute Gasteiger partial charge is 0.379 e. The van der Waals surface area contributed by atoms with Crippen LogP contribution in [0.4, 0.5) is 0 Å². The van der Waals surface area contributed by atoms with E-state index in [-0.39, 0.29) is 29.1 Å². The first-order valence-corrected chi connectivity index (χ1v) is 10.0. The van der Waals surface area contributed by atoms with E-state index in [1.807, 2.05) is 0 Å². The van der Waals surface area contributed by atoms with Gasteiger partial charge in [0.1, 0.15) is 0 Å². The van der Waals surface area contributed by atoms with Gasteiger partial charge in [-0.05, 0) is 71.6 Å². The number of carbonyl (C=O) groups is 1. The van der Waals surface area contributed by atoms with E-state index in [0.29, 0.717) is 18.9 Å². The molecule has 2 aliphatic heterocycles. The minimum Gasteiger partial charge on any atom is -0.379 e. The third-order valence-corrected chi connectivity index (χ3v) is 5.63. The minimum atomic E-state index is 0.00253. The lowest BCUT2D eigenvalue weighted by Crippen LogP contribution is -2.58. The molecule has 0 aromatic carbocycles. The zero-order chi connectivity index (χ0) is 18.1. The standard InChI is InChI=1S/C20H36N2O3/c1-19(2)10-15(11-20(3,4)22-19)9-18(23)21-16-13-24-8-7-17(16)25-12-14-5-6-14/h14-17,22H,5-13H2,1-4H3,(H,21,23)/t16-,17+/m1/s1. The molecule has 2 saturated heterocycles. The molecule has 2 heterocycles. The Kier molecular flexibility index (Phi) is 5.76. The van der Waals surface area contributed by atoms with Gasteiger partial charge in [-0.3, -0.25) is 4.79 Å². The number of ether oxygens (including phenoxy) is 2. The van der Waals surface area contributed by atoms with Gasteiger partial charge in [0.15, 0.2) is 0 Å². The fourth-order valence-corrected chi connectivity index (χ4v) is 4.80. The van der Waals surface area contributed by atoms with Crippen molar-refractivity contribution in [2.24, 2.45) is 11.8 Å². The first-order chi connectivity index (χ1) is 11.7. The highest BCUT2D eigenvalue weighted by Gasteiger charge is 2.39. The van der Waals surface area contributed by atoms with Crippen molar-refractivity contribution in [2.75, 3.05) is 19.8 Å². The third kappa shape index (κ3) is 5.93. The van der Waals surface area contributed by atoms with Crippen LogP contribution in [0, 0.1) is 11.8 Å². The van der Waals surface area contributed by atoms with Gasteiger partial charge >= 0.3 is 0 Å². The van der Waals surface area contributed by atoms with Gasteiger partial charge in [-0.25, -0.2) is 0 Å². The van der Waals surface area contributed by atoms with Gasteiger partial charge in [0.05, 0.1) is 18.8 Å². The average Bonchev–Trinajstić information content (AvgIpc) is 3.26. The fraction of sp³-hybridized carbons (Fsp3) is 0.950. The van der Waals surface area contributed by atoms with Gasteiger partial charge < -0.3 is 20.1 Å². The molecule has 2 atom stereocenters. The molecular weight excluding hydrogens is 316 g/mol. The van der Waals surface area contributed by atoms with Crippen molar-refractivity contribution in [1.29, 1.82) is 0 Å². The summed E-state index contributed by atoms with van der Waals surface area (Å²) in [6, 6.07) is 0.00253. The number of rotatable bonds is 6. The van der Waals surface area contributed by atoms with E-state index in [4.69, 9.17) is 9.47 Å². The molecule has 3 fully saturated rings. The van der Waals surface area contributed by atoms with Crippen LogP contribution in [0.15, 0.2) is 0 Å². The van der Waals surface area contributed by atoms with Crippen LogP contribution in [0.1, 0.15) is 66.2 Å². The van der Waals surface area contributed by atoms with Crippen molar-refractivity contribution in [3.63, 3.8) is 0 Å². The molecule has 3 aliphatic rings. The van der Waals surface area contributed by atoms with Crippen molar-refractivity contribution in [3.05, 3.63) is 0 Å². The molecule has 0 radical (unpaired) electrons. The van der Waals surface area contributed by atoms with Crippen LogP contribution in [0.25, 0.3) is 0 Å². The van der Waals surface area contributed by atoms with Crippen molar-refractivity contribution < 1.29 is 14.3 Å². The number of nitrogens with one attached hydrogen (secondary N) is 2. The van der Waals surface area contributed by atoms with E-state index in [9.17, 15) is 4.79 Å². The van der Waals surface area contributed by atoms with Crippen molar-refractivity contribution >= 4 is 5.91 Å². The number of hydrogen-bond donors (Lipinski definition) is 2. The Bertz CT molecular complexity index is 458. The van der Waals surface area contributed by atoms with Crippen LogP contribution in [0.2, 0.25) is 0 Å². The first-order valence-electron chi connectivity index (χ1n) is 10.0. The predicted octanol–water partition coefficient (Wildman–Crippen LogP) is 2.63. The van der Waals surface area contributed by atoms with E-state index < -0.39 is 0 Å². The van der Waals surface area contributed by atoms with Gasteiger partial charge in [-0.1, -0.05) is 0 Å². The normalized spacial score (nSPS) is 32.3. The lowest BCUT2D eigenvalue weighted by Gasteiger charge is -2.46. The summed E-state index contributed by atoms with van der Waals surface area (Å²) in [4.78, 5) is 12.7. The molecule has 1 amide bonds. The third-order valence-electron chi connectivity index (χ3n) is 5.63. The summed E-state index contributed by atoms with van der Waals surface area (Å²) in [5.41, 5.74) is 0.160. The topological polar surface area (TPSA) is 59.6 Å². The van der Waals surface area contributed by atoms with E-state index in [1.54, 1.807) is 0 Å². The quantitative estimate of drug-likeness (QED) is 0.771. The van der Waals surface area contributed by atoms with Gasteiger partial charge in [-0.2, -0.15) is 0 Å². The SMILES string of the molecule is CC1(C)CC(CC(=O)N[C@@H]2COCC[C@@H]2OCC2CC2)CC(C)(C)N1. The van der Waals surface area contributed by atoms with Crippen molar-refractivity contribution in [2.45, 2.75) is 89.4 Å². The number of hydrogen-bond acceptors (Lipinski definition) is 4. The summed E-state index contributed by atoms with van der Waals surface area (Å²) in [6.45, 7) is 11.1. The highest BCUT2D eigenvalue weighted by atomic mass is 16.5. The van der Waals surface area contributed by atoms with Crippen LogP contribution in [-0.4, -0.2) is 49.0 Å². The summed E-state index contributed by atoms with van der Waals surface area (Å²) in [6.07, 6.45) is 6.24. The average molecular weight is 353 g/mol. The minimum absolute atomic E-state index is 0.00253. The van der Waals surface area contributed by atoms with E-state index >= 15 is 0 Å². The fourth-order valence-electron chi connectivity index (χ4n) is 4.80. The highest BCUT2D eigenvalue weighted by Crippen LogP contribution is 2.34. The maximum absolute atomic E-state index is 12.7. The summed E-state index contributed by atoms with van der Waals surface area (Å²) < 4.78 is 11.7. The smallest absolute Gasteiger partial charge is 0.220 e. The number of amides is 1. The Labute approximate surface area is 152 Å². The second-order valence-electron chi connectivity index (χ2n) is 9.72. The molecule has 0 aromatic rings. The molecule has 2 N–H and O–H groups in total. The Hall–Kier alpha value is -0.650. The van der Waals surface area contributed by atoms with Crippen molar-refractivity contribution in [1.82, 2.24) is 10.6 Å². The van der Waals surface area contributed by atoms with Crippen LogP contribution < -0.4 is 10.6 Å². The van der Waals surface area contributed by atoms with E-state index in [2.05, 4.69) is 38.3 Å². The summed E-state index contributed by atoms with van der Waals surface area (Å²) in [5.74, 6) is 1.31. The molecule has 5 heteroatoms. The Balaban J connectivity index is 1.49. The zero-order valence-corrected chi connectivity index (χ0v) is 16.4. The maximum Gasteiger partial charge on any atom is 0.220 e. The molecule has 3 rings (SSSR count).